The minimum absolute atomic E-state index is 0.508. The van der Waals surface area contributed by atoms with E-state index in [0.717, 1.165) is 36.5 Å². The Labute approximate surface area is 175 Å². The average molecular weight is 387 g/mol. The highest BCUT2D eigenvalue weighted by Crippen LogP contribution is 2.60. The zero-order chi connectivity index (χ0) is 20.4. The molecule has 1 unspecified atom stereocenters. The Morgan fingerprint density at radius 2 is 1.79 bits per heavy atom. The molecule has 1 N–H and O–H groups in total. The van der Waals surface area contributed by atoms with Crippen LogP contribution in [0.3, 0.4) is 0 Å². The van der Waals surface area contributed by atoms with Crippen molar-refractivity contribution in [2.75, 3.05) is 0 Å². The molecule has 0 amide bonds. The molecular weight excluding hydrogens is 340 g/mol. The van der Waals surface area contributed by atoms with Crippen molar-refractivity contribution < 1.29 is 5.11 Å². The molecule has 0 bridgehead atoms. The molecule has 3 rings (SSSR count). The first kappa shape index (κ1) is 22.1. The zero-order valence-electron chi connectivity index (χ0n) is 19.4. The molecule has 28 heavy (non-hydrogen) atoms. The van der Waals surface area contributed by atoms with Gasteiger partial charge in [-0.1, -0.05) is 63.3 Å². The summed E-state index contributed by atoms with van der Waals surface area (Å²) < 4.78 is 0. The predicted octanol–water partition coefficient (Wildman–Crippen LogP) is 7.84. The molecule has 1 nitrogen and oxygen atoms in total. The molecule has 0 aromatic rings. The summed E-state index contributed by atoms with van der Waals surface area (Å²) in [5.41, 5.74) is 3.48. The quantitative estimate of drug-likeness (QED) is 0.493. The van der Waals surface area contributed by atoms with Crippen molar-refractivity contribution in [1.29, 1.82) is 0 Å². The highest BCUT2D eigenvalue weighted by Gasteiger charge is 2.50. The lowest BCUT2D eigenvalue weighted by Crippen LogP contribution is -2.36. The maximum absolute atomic E-state index is 10.0. The standard InChI is InChI=1S/C27H46O/c1-20-10-6-7-12-22(20)14-15-23-13-9-19-27(5)24(16-17-25(23)27)21(2)11-8-18-26(3,4)28/h14-15,20-21,24-25,28H,6-13,16-19H2,1-5H3/b22-14-,23-15+/t20?,21-,24-,25+,27-/m1/s1. The van der Waals surface area contributed by atoms with Gasteiger partial charge in [0, 0.05) is 0 Å². The zero-order valence-corrected chi connectivity index (χ0v) is 19.4. The first-order valence-electron chi connectivity index (χ1n) is 12.3. The fourth-order valence-electron chi connectivity index (χ4n) is 6.95. The van der Waals surface area contributed by atoms with E-state index in [0.29, 0.717) is 5.41 Å². The molecule has 1 heteroatoms. The minimum Gasteiger partial charge on any atom is -0.390 e. The Bertz CT molecular complexity index is 578. The van der Waals surface area contributed by atoms with Gasteiger partial charge in [0.2, 0.25) is 0 Å². The second kappa shape index (κ2) is 9.07. The molecule has 0 radical (unpaired) electrons. The first-order valence-corrected chi connectivity index (χ1v) is 12.3. The van der Waals surface area contributed by atoms with Gasteiger partial charge in [-0.05, 0) is 101 Å². The number of fused-ring (bicyclic) bond motifs is 1. The fraction of sp³-hybridized carbons (Fsp3) is 0.852. The Hall–Kier alpha value is -0.560. The average Bonchev–Trinajstić information content (AvgIpc) is 2.97. The van der Waals surface area contributed by atoms with Crippen molar-refractivity contribution in [2.24, 2.45) is 29.1 Å². The van der Waals surface area contributed by atoms with Crippen molar-refractivity contribution in [3.63, 3.8) is 0 Å². The van der Waals surface area contributed by atoms with Gasteiger partial charge >= 0.3 is 0 Å². The maximum atomic E-state index is 10.0. The number of hydrogen-bond donors (Lipinski definition) is 1. The van der Waals surface area contributed by atoms with E-state index < -0.39 is 5.60 Å². The summed E-state index contributed by atoms with van der Waals surface area (Å²) in [6.07, 6.45) is 20.9. The van der Waals surface area contributed by atoms with Gasteiger partial charge in [0.15, 0.2) is 0 Å². The lowest BCUT2D eigenvalue weighted by Gasteiger charge is -2.44. The van der Waals surface area contributed by atoms with E-state index in [4.69, 9.17) is 0 Å². The molecule has 160 valence electrons. The van der Waals surface area contributed by atoms with Gasteiger partial charge in [0.1, 0.15) is 0 Å². The van der Waals surface area contributed by atoms with Crippen molar-refractivity contribution in [3.05, 3.63) is 23.3 Å². The van der Waals surface area contributed by atoms with E-state index >= 15 is 0 Å². The minimum atomic E-state index is -0.508. The van der Waals surface area contributed by atoms with Gasteiger partial charge in [0.25, 0.3) is 0 Å². The largest absolute Gasteiger partial charge is 0.390 e. The summed E-state index contributed by atoms with van der Waals surface area (Å²) >= 11 is 0. The van der Waals surface area contributed by atoms with E-state index in [-0.39, 0.29) is 0 Å². The number of rotatable bonds is 6. The van der Waals surface area contributed by atoms with E-state index in [1.54, 1.807) is 11.1 Å². The monoisotopic (exact) mass is 386 g/mol. The molecular formula is C27H46O. The summed E-state index contributed by atoms with van der Waals surface area (Å²) in [7, 11) is 0. The highest BCUT2D eigenvalue weighted by molar-refractivity contribution is 5.26. The summed E-state index contributed by atoms with van der Waals surface area (Å²) in [5.74, 6) is 3.27. The predicted molar refractivity (Wildman–Crippen MR) is 121 cm³/mol. The molecule has 0 saturated heterocycles. The summed E-state index contributed by atoms with van der Waals surface area (Å²) in [5, 5.41) is 10.0. The van der Waals surface area contributed by atoms with E-state index in [1.807, 2.05) is 13.8 Å². The van der Waals surface area contributed by atoms with Crippen LogP contribution >= 0.6 is 0 Å². The van der Waals surface area contributed by atoms with Crippen molar-refractivity contribution >= 4 is 0 Å². The Kier molecular flexibility index (Phi) is 7.17. The van der Waals surface area contributed by atoms with Crippen LogP contribution in [0.4, 0.5) is 0 Å². The molecule has 3 aliphatic rings. The highest BCUT2D eigenvalue weighted by atomic mass is 16.3. The molecule has 3 aliphatic carbocycles. The Morgan fingerprint density at radius 3 is 2.50 bits per heavy atom. The molecule has 3 fully saturated rings. The topological polar surface area (TPSA) is 20.2 Å². The SMILES string of the molecule is CC1CCCC/C1=C/C=C1\CCC[C@]2(C)[C@@H]([C@H](C)CCCC(C)(C)O)CC[C@@H]12. The number of hydrogen-bond acceptors (Lipinski definition) is 1. The van der Waals surface area contributed by atoms with Crippen LogP contribution in [0.15, 0.2) is 23.3 Å². The van der Waals surface area contributed by atoms with Gasteiger partial charge in [0.05, 0.1) is 5.60 Å². The Morgan fingerprint density at radius 1 is 1.07 bits per heavy atom. The van der Waals surface area contributed by atoms with Gasteiger partial charge in [-0.3, -0.25) is 0 Å². The van der Waals surface area contributed by atoms with E-state index in [1.165, 1.54) is 64.2 Å². The summed E-state index contributed by atoms with van der Waals surface area (Å²) in [6.45, 7) is 11.4. The van der Waals surface area contributed by atoms with Crippen LogP contribution in [0.25, 0.3) is 0 Å². The second-order valence-electron chi connectivity index (χ2n) is 11.4. The van der Waals surface area contributed by atoms with Gasteiger partial charge in [-0.15, -0.1) is 0 Å². The third-order valence-electron chi connectivity index (χ3n) is 8.67. The first-order chi connectivity index (χ1) is 13.2. The van der Waals surface area contributed by atoms with Crippen molar-refractivity contribution in [1.82, 2.24) is 0 Å². The lowest BCUT2D eigenvalue weighted by atomic mass is 9.60. The molecule has 3 saturated carbocycles. The fourth-order valence-corrected chi connectivity index (χ4v) is 6.95. The molecule has 0 heterocycles. The van der Waals surface area contributed by atoms with E-state index in [9.17, 15) is 5.11 Å². The number of allylic oxidation sites excluding steroid dienone is 4. The van der Waals surface area contributed by atoms with Gasteiger partial charge in [-0.2, -0.15) is 0 Å². The summed E-state index contributed by atoms with van der Waals surface area (Å²) in [6, 6.07) is 0. The van der Waals surface area contributed by atoms with Gasteiger partial charge < -0.3 is 5.11 Å². The van der Waals surface area contributed by atoms with Crippen LogP contribution in [0.2, 0.25) is 0 Å². The van der Waals surface area contributed by atoms with Crippen LogP contribution in [0, 0.1) is 29.1 Å². The second-order valence-corrected chi connectivity index (χ2v) is 11.4. The van der Waals surface area contributed by atoms with Crippen molar-refractivity contribution in [3.8, 4) is 0 Å². The van der Waals surface area contributed by atoms with Crippen LogP contribution in [-0.4, -0.2) is 10.7 Å². The maximum Gasteiger partial charge on any atom is 0.0591 e. The van der Waals surface area contributed by atoms with Crippen molar-refractivity contribution in [2.45, 2.75) is 117 Å². The molecule has 0 aromatic heterocycles. The lowest BCUT2D eigenvalue weighted by molar-refractivity contribution is 0.0597. The molecule has 0 aliphatic heterocycles. The van der Waals surface area contributed by atoms with Gasteiger partial charge in [-0.25, -0.2) is 0 Å². The van der Waals surface area contributed by atoms with E-state index in [2.05, 4.69) is 32.9 Å². The number of aliphatic hydroxyl groups is 1. The molecule has 5 atom stereocenters. The van der Waals surface area contributed by atoms with Crippen LogP contribution in [0.1, 0.15) is 112 Å². The smallest absolute Gasteiger partial charge is 0.0591 e. The third kappa shape index (κ3) is 5.13. The molecule has 0 spiro atoms. The van der Waals surface area contributed by atoms with Crippen LogP contribution < -0.4 is 0 Å². The van der Waals surface area contributed by atoms with Crippen LogP contribution in [-0.2, 0) is 0 Å². The molecule has 0 aromatic carbocycles. The normalized spacial score (nSPS) is 38.0. The summed E-state index contributed by atoms with van der Waals surface area (Å²) in [4.78, 5) is 0. The van der Waals surface area contributed by atoms with Crippen LogP contribution in [0.5, 0.6) is 0 Å². The Balaban J connectivity index is 1.66. The third-order valence-corrected chi connectivity index (χ3v) is 8.67.